The van der Waals surface area contributed by atoms with E-state index in [0.717, 1.165) is 17.0 Å². The predicted molar refractivity (Wildman–Crippen MR) is 78.7 cm³/mol. The van der Waals surface area contributed by atoms with Gasteiger partial charge in [-0.15, -0.1) is 0 Å². The van der Waals surface area contributed by atoms with Crippen molar-refractivity contribution in [3.8, 4) is 5.75 Å². The van der Waals surface area contributed by atoms with Crippen LogP contribution >= 0.6 is 0 Å². The fourth-order valence-corrected chi connectivity index (χ4v) is 2.06. The highest BCUT2D eigenvalue weighted by molar-refractivity contribution is 5.78. The monoisotopic (exact) mass is 272 g/mol. The van der Waals surface area contributed by atoms with Crippen molar-refractivity contribution in [3.05, 3.63) is 53.3 Å². The number of carbonyl (C=O) groups is 1. The van der Waals surface area contributed by atoms with Crippen molar-refractivity contribution in [2.75, 3.05) is 7.11 Å². The fourth-order valence-electron chi connectivity index (χ4n) is 2.06. The molecule has 0 bridgehead atoms. The summed E-state index contributed by atoms with van der Waals surface area (Å²) < 4.78 is 7.22. The molecule has 1 aromatic heterocycles. The SMILES string of the molecule is COc1cccc(CC(=O)NCc2ccc(C)n2C)c1. The van der Waals surface area contributed by atoms with E-state index in [0.29, 0.717) is 13.0 Å². The molecule has 1 heterocycles. The van der Waals surface area contributed by atoms with Crippen LogP contribution in [0.5, 0.6) is 5.75 Å². The minimum absolute atomic E-state index is 0.0112. The molecule has 0 aliphatic rings. The van der Waals surface area contributed by atoms with Gasteiger partial charge >= 0.3 is 0 Å². The summed E-state index contributed by atoms with van der Waals surface area (Å²) in [6.45, 7) is 2.59. The number of nitrogens with one attached hydrogen (secondary N) is 1. The second-order valence-corrected chi connectivity index (χ2v) is 4.83. The number of hydrogen-bond donors (Lipinski definition) is 1. The topological polar surface area (TPSA) is 43.3 Å². The third-order valence-electron chi connectivity index (χ3n) is 3.44. The van der Waals surface area contributed by atoms with Gasteiger partial charge in [0.25, 0.3) is 0 Å². The van der Waals surface area contributed by atoms with Gasteiger partial charge in [-0.3, -0.25) is 4.79 Å². The number of amides is 1. The zero-order chi connectivity index (χ0) is 14.5. The molecular formula is C16H20N2O2. The van der Waals surface area contributed by atoms with Crippen molar-refractivity contribution in [2.45, 2.75) is 19.9 Å². The lowest BCUT2D eigenvalue weighted by Gasteiger charge is -2.08. The zero-order valence-electron chi connectivity index (χ0n) is 12.1. The molecule has 0 aliphatic heterocycles. The maximum absolute atomic E-state index is 11.9. The number of aryl methyl sites for hydroxylation is 1. The number of methoxy groups -OCH3 is 1. The summed E-state index contributed by atoms with van der Waals surface area (Å²) in [5.41, 5.74) is 3.23. The van der Waals surface area contributed by atoms with Crippen LogP contribution < -0.4 is 10.1 Å². The van der Waals surface area contributed by atoms with Gasteiger partial charge in [-0.1, -0.05) is 12.1 Å². The first-order valence-corrected chi connectivity index (χ1v) is 6.61. The Labute approximate surface area is 119 Å². The van der Waals surface area contributed by atoms with Crippen molar-refractivity contribution in [1.29, 1.82) is 0 Å². The van der Waals surface area contributed by atoms with Gasteiger partial charge in [0.15, 0.2) is 0 Å². The lowest BCUT2D eigenvalue weighted by molar-refractivity contribution is -0.120. The van der Waals surface area contributed by atoms with Crippen molar-refractivity contribution >= 4 is 5.91 Å². The molecule has 1 amide bonds. The first kappa shape index (κ1) is 14.2. The third kappa shape index (κ3) is 3.41. The molecule has 4 nitrogen and oxygen atoms in total. The van der Waals surface area contributed by atoms with Crippen molar-refractivity contribution < 1.29 is 9.53 Å². The number of rotatable bonds is 5. The van der Waals surface area contributed by atoms with Gasteiger partial charge in [0.2, 0.25) is 5.91 Å². The largest absolute Gasteiger partial charge is 0.497 e. The van der Waals surface area contributed by atoms with Gasteiger partial charge in [0, 0.05) is 18.4 Å². The number of aromatic nitrogens is 1. The van der Waals surface area contributed by atoms with Crippen LogP contribution in [-0.4, -0.2) is 17.6 Å². The van der Waals surface area contributed by atoms with Gasteiger partial charge in [0.05, 0.1) is 20.1 Å². The first-order chi connectivity index (χ1) is 9.60. The van der Waals surface area contributed by atoms with Crippen LogP contribution in [0.15, 0.2) is 36.4 Å². The van der Waals surface area contributed by atoms with E-state index in [2.05, 4.69) is 9.88 Å². The summed E-state index contributed by atoms with van der Waals surface area (Å²) in [5.74, 6) is 0.783. The number of benzene rings is 1. The van der Waals surface area contributed by atoms with Gasteiger partial charge < -0.3 is 14.6 Å². The Hall–Kier alpha value is -2.23. The molecule has 0 saturated carbocycles. The van der Waals surface area contributed by atoms with E-state index in [1.165, 1.54) is 5.69 Å². The average Bonchev–Trinajstić information content (AvgIpc) is 2.77. The molecule has 4 heteroatoms. The van der Waals surface area contributed by atoms with Crippen LogP contribution in [0.4, 0.5) is 0 Å². The summed E-state index contributed by atoms with van der Waals surface area (Å²) in [5, 5.41) is 2.94. The minimum atomic E-state index is 0.0112. The summed E-state index contributed by atoms with van der Waals surface area (Å²) >= 11 is 0. The number of hydrogen-bond acceptors (Lipinski definition) is 2. The van der Waals surface area contributed by atoms with Crippen molar-refractivity contribution in [1.82, 2.24) is 9.88 Å². The molecule has 1 aromatic carbocycles. The van der Waals surface area contributed by atoms with Crippen LogP contribution in [-0.2, 0) is 24.8 Å². The second kappa shape index (κ2) is 6.28. The lowest BCUT2D eigenvalue weighted by Crippen LogP contribution is -2.25. The van der Waals surface area contributed by atoms with Crippen molar-refractivity contribution in [2.24, 2.45) is 7.05 Å². The molecule has 0 saturated heterocycles. The molecule has 20 heavy (non-hydrogen) atoms. The Morgan fingerprint density at radius 1 is 1.30 bits per heavy atom. The molecule has 0 fully saturated rings. The molecule has 2 aromatic rings. The number of carbonyl (C=O) groups excluding carboxylic acids is 1. The Morgan fingerprint density at radius 2 is 2.10 bits per heavy atom. The van der Waals surface area contributed by atoms with Crippen LogP contribution in [0.3, 0.4) is 0 Å². The van der Waals surface area contributed by atoms with Gasteiger partial charge in [-0.05, 0) is 36.8 Å². The van der Waals surface area contributed by atoms with E-state index in [4.69, 9.17) is 4.74 Å². The molecule has 0 spiro atoms. The highest BCUT2D eigenvalue weighted by Gasteiger charge is 2.06. The van der Waals surface area contributed by atoms with E-state index in [1.807, 2.05) is 50.4 Å². The highest BCUT2D eigenvalue weighted by atomic mass is 16.5. The first-order valence-electron chi connectivity index (χ1n) is 6.61. The number of nitrogens with zero attached hydrogens (tertiary/aromatic N) is 1. The maximum Gasteiger partial charge on any atom is 0.224 e. The van der Waals surface area contributed by atoms with Crippen molar-refractivity contribution in [3.63, 3.8) is 0 Å². The number of ether oxygens (including phenoxy) is 1. The molecular weight excluding hydrogens is 252 g/mol. The Bertz CT molecular complexity index is 602. The molecule has 2 rings (SSSR count). The Balaban J connectivity index is 1.90. The van der Waals surface area contributed by atoms with E-state index in [1.54, 1.807) is 7.11 Å². The molecule has 106 valence electrons. The Morgan fingerprint density at radius 3 is 2.75 bits per heavy atom. The summed E-state index contributed by atoms with van der Waals surface area (Å²) in [4.78, 5) is 11.9. The summed E-state index contributed by atoms with van der Waals surface area (Å²) in [6, 6.07) is 11.6. The highest BCUT2D eigenvalue weighted by Crippen LogP contribution is 2.13. The summed E-state index contributed by atoms with van der Waals surface area (Å²) in [6.07, 6.45) is 0.362. The normalized spacial score (nSPS) is 10.3. The van der Waals surface area contributed by atoms with Gasteiger partial charge in [0.1, 0.15) is 5.75 Å². The smallest absolute Gasteiger partial charge is 0.224 e. The van der Waals surface area contributed by atoms with E-state index >= 15 is 0 Å². The molecule has 0 radical (unpaired) electrons. The van der Waals surface area contributed by atoms with Crippen LogP contribution in [0.1, 0.15) is 17.0 Å². The summed E-state index contributed by atoms with van der Waals surface area (Å²) in [7, 11) is 3.62. The van der Waals surface area contributed by atoms with Gasteiger partial charge in [-0.2, -0.15) is 0 Å². The van der Waals surface area contributed by atoms with Gasteiger partial charge in [-0.25, -0.2) is 0 Å². The van der Waals surface area contributed by atoms with E-state index in [9.17, 15) is 4.79 Å². The fraction of sp³-hybridized carbons (Fsp3) is 0.312. The molecule has 0 unspecified atom stereocenters. The quantitative estimate of drug-likeness (QED) is 0.906. The van der Waals surface area contributed by atoms with E-state index < -0.39 is 0 Å². The molecule has 1 N–H and O–H groups in total. The minimum Gasteiger partial charge on any atom is -0.497 e. The van der Waals surface area contributed by atoms with E-state index in [-0.39, 0.29) is 5.91 Å². The predicted octanol–water partition coefficient (Wildman–Crippen LogP) is 2.20. The van der Waals surface area contributed by atoms with Crippen LogP contribution in [0, 0.1) is 6.92 Å². The zero-order valence-corrected chi connectivity index (χ0v) is 12.1. The molecule has 0 atom stereocenters. The van der Waals surface area contributed by atoms with Crippen LogP contribution in [0.25, 0.3) is 0 Å². The lowest BCUT2D eigenvalue weighted by atomic mass is 10.1. The third-order valence-corrected chi connectivity index (χ3v) is 3.44. The molecule has 0 aliphatic carbocycles. The maximum atomic E-state index is 11.9. The standard InChI is InChI=1S/C16H20N2O2/c1-12-7-8-14(18(12)2)11-17-16(19)10-13-5-4-6-15(9-13)20-3/h4-9H,10-11H2,1-3H3,(H,17,19). The Kier molecular flexibility index (Phi) is 4.45. The van der Waals surface area contributed by atoms with Crippen LogP contribution in [0.2, 0.25) is 0 Å². The second-order valence-electron chi connectivity index (χ2n) is 4.83. The average molecular weight is 272 g/mol.